The van der Waals surface area contributed by atoms with Gasteiger partial charge in [-0.1, -0.05) is 335 Å². The van der Waals surface area contributed by atoms with E-state index in [0.717, 1.165) is 165 Å². The molecule has 0 amide bonds. The molecule has 0 radical (unpaired) electrons. The zero-order valence-electron chi connectivity index (χ0n) is 81.3. The van der Waals surface area contributed by atoms with E-state index in [4.69, 9.17) is 0 Å². The molecule has 20 aromatic rings. The molecule has 3 aromatic heterocycles. The quantitative estimate of drug-likeness (QED) is 0.0430. The molecule has 21 rings (SSSR count). The fourth-order valence-electron chi connectivity index (χ4n) is 19.3. The second-order valence-corrected chi connectivity index (χ2v) is 36.6. The standard InChI is InChI=1S/C29H25NO.C29H27NO.C26H27NO.2C23H21NO/c1-2-3-12-29(31)23-15-13-21(14-16-23)22-17-19-24(20-18-22)30-27-10-6-4-8-25(27)26-9-5-7-11-28(26)30;1-2-3-14-29(31)25-17-15-23(16-18-25)24-19-21-28(22-20-24)30(26-10-6-4-7-11-26)27-12-8-5-9-13-27;1-4-5-14-25(28)19-15-17-20(18-16-19)27-23-12-8-6-10-21(23)26(2,3)22-11-7-9-13-24(22)27;1-2-3-12-23(25)17-13-15-18(16-14-17)24-21-10-6-4-8-19(21)20-9-5-7-11-22(20)24;1-2-3-13-23(25)17-14-15-22-20(16-17)19-11-7-8-12-21(19)24(22)18-9-5-4-6-10-18/h4-11,13-20H,2-3,12H2,1H3;4-13,15-22H,2-3,14H2,1H3;6-13,15-18H,4-5,14H2,1-3H3;4-11,13-16H,2-3,12H2,1H3;4-12,14-16H,2-3,13H2,1H3. The number of carbonyl (C=O) groups excluding carboxylic acids is 5. The van der Waals surface area contributed by atoms with Crippen LogP contribution in [0.4, 0.5) is 34.1 Å². The lowest BCUT2D eigenvalue weighted by molar-refractivity contribution is 0.0972. The van der Waals surface area contributed by atoms with Gasteiger partial charge in [-0.05, 0) is 235 Å². The topological polar surface area (TPSA) is 107 Å². The molecule has 1 aliphatic heterocycles. The first-order valence-corrected chi connectivity index (χ1v) is 49.9. The van der Waals surface area contributed by atoms with Gasteiger partial charge in [-0.3, -0.25) is 24.0 Å². The summed E-state index contributed by atoms with van der Waals surface area (Å²) >= 11 is 0. The Morgan fingerprint density at radius 3 is 0.800 bits per heavy atom. The summed E-state index contributed by atoms with van der Waals surface area (Å²) in [7, 11) is 0. The Hall–Kier alpha value is -15.9. The van der Waals surface area contributed by atoms with Crippen LogP contribution in [0.2, 0.25) is 0 Å². The summed E-state index contributed by atoms with van der Waals surface area (Å²) in [6, 6.07) is 146. The average Bonchev–Trinajstić information content (AvgIpc) is 1.23. The highest BCUT2D eigenvalue weighted by Crippen LogP contribution is 2.52. The van der Waals surface area contributed by atoms with E-state index in [1.807, 2.05) is 84.9 Å². The van der Waals surface area contributed by atoms with E-state index in [9.17, 15) is 24.0 Å². The molecule has 10 heteroatoms. The summed E-state index contributed by atoms with van der Waals surface area (Å²) in [5.74, 6) is 1.16. The van der Waals surface area contributed by atoms with Gasteiger partial charge in [-0.2, -0.15) is 0 Å². The first kappa shape index (κ1) is 95.8. The number of unbranched alkanes of at least 4 members (excludes halogenated alkanes) is 5. The number of fused-ring (bicyclic) bond motifs is 11. The molecule has 0 atom stereocenters. The van der Waals surface area contributed by atoms with Crippen molar-refractivity contribution in [1.29, 1.82) is 0 Å². The number of benzene rings is 17. The summed E-state index contributed by atoms with van der Waals surface area (Å²) < 4.78 is 6.86. The summed E-state index contributed by atoms with van der Waals surface area (Å²) in [6.45, 7) is 15.1. The van der Waals surface area contributed by atoms with E-state index in [0.29, 0.717) is 32.1 Å². The minimum Gasteiger partial charge on any atom is -0.311 e. The van der Waals surface area contributed by atoms with Gasteiger partial charge >= 0.3 is 0 Å². The van der Waals surface area contributed by atoms with Gasteiger partial charge in [0, 0.05) is 137 Å². The van der Waals surface area contributed by atoms with E-state index in [1.165, 1.54) is 77.0 Å². The van der Waals surface area contributed by atoms with Crippen LogP contribution in [0.25, 0.3) is 105 Å². The van der Waals surface area contributed by atoms with Gasteiger partial charge in [0.05, 0.1) is 44.5 Å². The second kappa shape index (κ2) is 45.4. The van der Waals surface area contributed by atoms with Crippen molar-refractivity contribution in [1.82, 2.24) is 13.7 Å². The van der Waals surface area contributed by atoms with Gasteiger partial charge in [0.2, 0.25) is 0 Å². The molecular weight excluding hydrogens is 1710 g/mol. The van der Waals surface area contributed by atoms with Crippen LogP contribution in [0.5, 0.6) is 0 Å². The molecule has 4 heterocycles. The Kier molecular flexibility index (Phi) is 31.0. The molecule has 0 spiro atoms. The molecular formula is C130H121N5O5. The minimum absolute atomic E-state index is 0.0558. The number of nitrogens with zero attached hydrogens (tertiary/aromatic N) is 5. The third-order valence-corrected chi connectivity index (χ3v) is 26.8. The maximum atomic E-state index is 12.5. The Bertz CT molecular complexity index is 7470. The average molecular weight is 1830 g/mol. The van der Waals surface area contributed by atoms with Crippen molar-refractivity contribution in [2.75, 3.05) is 9.80 Å². The van der Waals surface area contributed by atoms with Crippen molar-refractivity contribution < 1.29 is 24.0 Å². The van der Waals surface area contributed by atoms with E-state index in [2.05, 4.69) is 412 Å². The molecule has 0 aliphatic carbocycles. The number of anilines is 6. The lowest BCUT2D eigenvalue weighted by Gasteiger charge is -2.42. The summed E-state index contributed by atoms with van der Waals surface area (Å²) in [5, 5.41) is 7.37. The van der Waals surface area contributed by atoms with E-state index in [-0.39, 0.29) is 34.3 Å². The molecule has 696 valence electrons. The third-order valence-electron chi connectivity index (χ3n) is 26.8. The molecule has 0 N–H and O–H groups in total. The van der Waals surface area contributed by atoms with E-state index < -0.39 is 0 Å². The highest BCUT2D eigenvalue weighted by atomic mass is 16.1. The summed E-state index contributed by atoms with van der Waals surface area (Å²) in [6.07, 6.45) is 13.1. The zero-order chi connectivity index (χ0) is 96.9. The number of ketones is 5. The number of carbonyl (C=O) groups is 5. The SMILES string of the molecule is CCCCC(=O)c1ccc(-c2ccc(-n3c4ccccc4c4ccccc43)cc2)cc1.CCCCC(=O)c1ccc(-c2ccc(N(c3ccccc3)c3ccccc3)cc2)cc1.CCCCC(=O)c1ccc(-n2c3ccccc3c3ccccc32)cc1.CCCCC(=O)c1ccc(N2c3ccccc3C(C)(C)c3ccccc32)cc1.CCCCC(=O)c1ccc2c(c1)c1ccccc1n2-c1ccccc1. The minimum atomic E-state index is -0.0558. The Morgan fingerprint density at radius 1 is 0.221 bits per heavy atom. The van der Waals surface area contributed by atoms with Crippen LogP contribution >= 0.6 is 0 Å². The molecule has 10 nitrogen and oxygen atoms in total. The van der Waals surface area contributed by atoms with Crippen LogP contribution in [-0.4, -0.2) is 42.6 Å². The van der Waals surface area contributed by atoms with Gasteiger partial charge in [0.1, 0.15) is 0 Å². The largest absolute Gasteiger partial charge is 0.311 e. The van der Waals surface area contributed by atoms with Crippen molar-refractivity contribution in [3.05, 3.63) is 464 Å². The van der Waals surface area contributed by atoms with E-state index in [1.54, 1.807) is 0 Å². The number of hydrogen-bond acceptors (Lipinski definition) is 7. The maximum Gasteiger partial charge on any atom is 0.162 e. The molecule has 0 saturated carbocycles. The number of hydrogen-bond donors (Lipinski definition) is 0. The van der Waals surface area contributed by atoms with Gasteiger partial charge in [-0.15, -0.1) is 0 Å². The smallest absolute Gasteiger partial charge is 0.162 e. The van der Waals surface area contributed by atoms with Crippen molar-refractivity contribution >= 4 is 128 Å². The molecule has 0 bridgehead atoms. The second-order valence-electron chi connectivity index (χ2n) is 36.6. The summed E-state index contributed by atoms with van der Waals surface area (Å²) in [4.78, 5) is 66.1. The van der Waals surface area contributed by atoms with Gasteiger partial charge in [-0.25, -0.2) is 0 Å². The highest BCUT2D eigenvalue weighted by molar-refractivity contribution is 6.13. The predicted octanol–water partition coefficient (Wildman–Crippen LogP) is 35.5. The monoisotopic (exact) mass is 1830 g/mol. The first-order valence-electron chi connectivity index (χ1n) is 49.9. The van der Waals surface area contributed by atoms with E-state index >= 15 is 0 Å². The Labute approximate surface area is 823 Å². The number of aromatic nitrogens is 3. The zero-order valence-corrected chi connectivity index (χ0v) is 81.3. The number of para-hydroxylation sites is 10. The van der Waals surface area contributed by atoms with Crippen LogP contribution in [-0.2, 0) is 5.41 Å². The Morgan fingerprint density at radius 2 is 0.457 bits per heavy atom. The van der Waals surface area contributed by atoms with Crippen molar-refractivity contribution in [3.8, 4) is 39.3 Å². The lowest BCUT2D eigenvalue weighted by atomic mass is 9.73. The Balaban J connectivity index is 0.000000121. The van der Waals surface area contributed by atoms with Crippen LogP contribution in [0.15, 0.2) is 425 Å². The molecule has 0 fully saturated rings. The maximum absolute atomic E-state index is 12.5. The molecule has 140 heavy (non-hydrogen) atoms. The first-order chi connectivity index (χ1) is 68.6. The van der Waals surface area contributed by atoms with Gasteiger partial charge in [0.15, 0.2) is 28.9 Å². The normalized spacial score (nSPS) is 11.7. The van der Waals surface area contributed by atoms with Gasteiger partial charge < -0.3 is 23.5 Å². The van der Waals surface area contributed by atoms with Crippen LogP contribution in [0.3, 0.4) is 0 Å². The van der Waals surface area contributed by atoms with Crippen molar-refractivity contribution in [3.63, 3.8) is 0 Å². The summed E-state index contributed by atoms with van der Waals surface area (Å²) in [5.41, 5.74) is 28.5. The predicted molar refractivity (Wildman–Crippen MR) is 587 cm³/mol. The van der Waals surface area contributed by atoms with Crippen LogP contribution < -0.4 is 9.80 Å². The third kappa shape index (κ3) is 21.3. The molecule has 0 saturated heterocycles. The van der Waals surface area contributed by atoms with Crippen molar-refractivity contribution in [2.24, 2.45) is 0 Å². The highest BCUT2D eigenvalue weighted by Gasteiger charge is 2.37. The van der Waals surface area contributed by atoms with Crippen LogP contribution in [0, 0.1) is 0 Å². The number of Topliss-reactive ketones (excluding diaryl/α,β-unsaturated/α-hetero) is 5. The molecule has 17 aromatic carbocycles. The fourth-order valence-corrected chi connectivity index (χ4v) is 19.3. The molecule has 1 aliphatic rings. The fraction of sp³-hybridized carbons (Fsp3) is 0.177. The molecule has 0 unspecified atom stereocenters. The number of rotatable bonds is 29. The van der Waals surface area contributed by atoms with Crippen molar-refractivity contribution in [2.45, 2.75) is 150 Å². The van der Waals surface area contributed by atoms with Gasteiger partial charge in [0.25, 0.3) is 0 Å². The lowest BCUT2D eigenvalue weighted by Crippen LogP contribution is -2.30. The van der Waals surface area contributed by atoms with Crippen LogP contribution in [0.1, 0.15) is 208 Å².